The van der Waals surface area contributed by atoms with Crippen LogP contribution in [0.1, 0.15) is 24.8 Å². The smallest absolute Gasteiger partial charge is 0.387 e. The Bertz CT molecular complexity index is 1210. The number of rotatable bonds is 8. The normalized spacial score (nSPS) is 14.8. The number of imidazole rings is 1. The molecule has 0 spiro atoms. The first-order chi connectivity index (χ1) is 15.1. The molecule has 1 atom stereocenters. The molecule has 160 valence electrons. The van der Waals surface area contributed by atoms with E-state index in [4.69, 9.17) is 4.74 Å². The van der Waals surface area contributed by atoms with Crippen LogP contribution in [0.4, 0.5) is 14.5 Å². The number of nitrogens with one attached hydrogen (secondary N) is 2. The van der Waals surface area contributed by atoms with Crippen LogP contribution in [-0.4, -0.2) is 41.8 Å². The van der Waals surface area contributed by atoms with E-state index in [-0.39, 0.29) is 5.75 Å². The Morgan fingerprint density at radius 2 is 2.13 bits per heavy atom. The van der Waals surface area contributed by atoms with Crippen molar-refractivity contribution < 1.29 is 18.6 Å². The summed E-state index contributed by atoms with van der Waals surface area (Å²) >= 11 is 1.70. The summed E-state index contributed by atoms with van der Waals surface area (Å²) in [5.74, 6) is 0.0217. The number of halogens is 2. The fourth-order valence-electron chi connectivity index (χ4n) is 3.21. The molecule has 1 unspecified atom stereocenters. The first-order valence-corrected chi connectivity index (χ1v) is 10.5. The third-order valence-electron chi connectivity index (χ3n) is 4.78. The molecule has 8 nitrogen and oxygen atoms in total. The van der Waals surface area contributed by atoms with E-state index in [0.717, 1.165) is 17.7 Å². The number of hydrogen-bond donors (Lipinski definition) is 3. The molecule has 1 aliphatic rings. The van der Waals surface area contributed by atoms with Gasteiger partial charge in [-0.3, -0.25) is 5.10 Å². The minimum Gasteiger partial charge on any atom is -0.434 e. The van der Waals surface area contributed by atoms with E-state index in [0.29, 0.717) is 33.5 Å². The Balaban J connectivity index is 1.47. The summed E-state index contributed by atoms with van der Waals surface area (Å²) in [6, 6.07) is 8.61. The third kappa shape index (κ3) is 4.19. The fourth-order valence-corrected chi connectivity index (χ4v) is 4.30. The second-order valence-corrected chi connectivity index (χ2v) is 8.41. The first-order valence-electron chi connectivity index (χ1n) is 9.61. The third-order valence-corrected chi connectivity index (χ3v) is 6.11. The predicted octanol–water partition coefficient (Wildman–Crippen LogP) is 4.08. The van der Waals surface area contributed by atoms with E-state index in [1.54, 1.807) is 42.2 Å². The highest BCUT2D eigenvalue weighted by molar-refractivity contribution is 8.00. The van der Waals surface area contributed by atoms with Crippen molar-refractivity contribution >= 4 is 23.1 Å². The summed E-state index contributed by atoms with van der Waals surface area (Å²) in [5, 5.41) is 25.3. The number of anilines is 1. The highest BCUT2D eigenvalue weighted by atomic mass is 32.2. The summed E-state index contributed by atoms with van der Waals surface area (Å²) in [5.41, 5.74) is 2.28. The van der Waals surface area contributed by atoms with Gasteiger partial charge in [-0.2, -0.15) is 19.0 Å². The summed E-state index contributed by atoms with van der Waals surface area (Å²) in [7, 11) is 0. The maximum atomic E-state index is 13.0. The number of H-pyrrole nitrogens is 1. The summed E-state index contributed by atoms with van der Waals surface area (Å²) < 4.78 is 32.2. The van der Waals surface area contributed by atoms with Crippen molar-refractivity contribution in [2.24, 2.45) is 0 Å². The van der Waals surface area contributed by atoms with Crippen LogP contribution in [0, 0.1) is 0 Å². The van der Waals surface area contributed by atoms with E-state index < -0.39 is 12.8 Å². The zero-order chi connectivity index (χ0) is 21.4. The standard InChI is InChI=1S/C20H18F2N6O2S/c21-20(22)30-16-6-5-12(31-11-3-4-11)8-13(16)18-14(9-24-27-18)26-19(29)15-10-23-17-2-1-7-25-28(15)17/h1-2,5-11,19-20,26,29H,3-4H2,(H,24,27). The van der Waals surface area contributed by atoms with Crippen molar-refractivity contribution in [1.29, 1.82) is 0 Å². The van der Waals surface area contributed by atoms with Crippen LogP contribution in [0.3, 0.4) is 0 Å². The number of benzene rings is 1. The minimum atomic E-state index is -2.96. The minimum absolute atomic E-state index is 0.0217. The molecule has 1 saturated carbocycles. The summed E-state index contributed by atoms with van der Waals surface area (Å²) in [4.78, 5) is 5.16. The van der Waals surface area contributed by atoms with E-state index in [2.05, 4.69) is 25.6 Å². The van der Waals surface area contributed by atoms with Gasteiger partial charge in [-0.15, -0.1) is 11.8 Å². The Hall–Kier alpha value is -3.18. The molecule has 5 rings (SSSR count). The number of ether oxygens (including phenoxy) is 1. The van der Waals surface area contributed by atoms with Gasteiger partial charge < -0.3 is 15.2 Å². The maximum absolute atomic E-state index is 13.0. The molecule has 0 saturated heterocycles. The number of thioether (sulfide) groups is 1. The zero-order valence-corrected chi connectivity index (χ0v) is 16.9. The quantitative estimate of drug-likeness (QED) is 0.352. The monoisotopic (exact) mass is 444 g/mol. The molecule has 3 aromatic heterocycles. The number of aromatic nitrogens is 5. The van der Waals surface area contributed by atoms with Crippen molar-refractivity contribution in [3.8, 4) is 17.0 Å². The molecule has 0 radical (unpaired) electrons. The molecule has 0 amide bonds. The molecule has 3 N–H and O–H groups in total. The molecule has 1 aliphatic carbocycles. The van der Waals surface area contributed by atoms with E-state index in [1.165, 1.54) is 23.0 Å². The average Bonchev–Trinajstić information content (AvgIpc) is 3.27. The number of hydrogen-bond acceptors (Lipinski definition) is 7. The van der Waals surface area contributed by atoms with Crippen LogP contribution >= 0.6 is 11.8 Å². The van der Waals surface area contributed by atoms with Gasteiger partial charge in [0.05, 0.1) is 23.8 Å². The molecule has 1 aromatic carbocycles. The zero-order valence-electron chi connectivity index (χ0n) is 16.1. The van der Waals surface area contributed by atoms with Gasteiger partial charge in [0, 0.05) is 21.9 Å². The Morgan fingerprint density at radius 3 is 2.94 bits per heavy atom. The molecule has 11 heteroatoms. The van der Waals surface area contributed by atoms with E-state index in [9.17, 15) is 13.9 Å². The van der Waals surface area contributed by atoms with Crippen molar-refractivity contribution in [3.05, 3.63) is 54.6 Å². The SMILES string of the molecule is OC(Nc1cn[nH]c1-c1cc(SC2CC2)ccc1OC(F)F)c1cnc2cccnn12. The molecule has 4 aromatic rings. The van der Waals surface area contributed by atoms with Gasteiger partial charge in [0.2, 0.25) is 0 Å². The molecule has 0 aliphatic heterocycles. The molecule has 3 heterocycles. The average molecular weight is 444 g/mol. The van der Waals surface area contributed by atoms with Crippen LogP contribution in [0.5, 0.6) is 5.75 Å². The van der Waals surface area contributed by atoms with E-state index in [1.807, 2.05) is 0 Å². The number of aliphatic hydroxyl groups excluding tert-OH is 1. The molecule has 31 heavy (non-hydrogen) atoms. The lowest BCUT2D eigenvalue weighted by Gasteiger charge is -2.16. The van der Waals surface area contributed by atoms with Crippen LogP contribution in [0.25, 0.3) is 16.9 Å². The van der Waals surface area contributed by atoms with Gasteiger partial charge in [-0.1, -0.05) is 0 Å². The molecular weight excluding hydrogens is 426 g/mol. The summed E-state index contributed by atoms with van der Waals surface area (Å²) in [6.45, 7) is -2.96. The van der Waals surface area contributed by atoms with Gasteiger partial charge in [-0.25, -0.2) is 9.50 Å². The van der Waals surface area contributed by atoms with Crippen molar-refractivity contribution in [3.63, 3.8) is 0 Å². The number of alkyl halides is 2. The van der Waals surface area contributed by atoms with Crippen LogP contribution in [0.2, 0.25) is 0 Å². The van der Waals surface area contributed by atoms with Crippen LogP contribution in [0.15, 0.2) is 53.8 Å². The predicted molar refractivity (Wildman–Crippen MR) is 111 cm³/mol. The topological polar surface area (TPSA) is 100 Å². The first kappa shape index (κ1) is 19.8. The largest absolute Gasteiger partial charge is 0.434 e. The van der Waals surface area contributed by atoms with Gasteiger partial charge in [0.1, 0.15) is 11.4 Å². The van der Waals surface area contributed by atoms with E-state index >= 15 is 0 Å². The van der Waals surface area contributed by atoms with Gasteiger partial charge in [0.25, 0.3) is 0 Å². The van der Waals surface area contributed by atoms with Gasteiger partial charge in [-0.05, 0) is 43.2 Å². The summed E-state index contributed by atoms with van der Waals surface area (Å²) in [6.07, 6.45) is 5.70. The molecule has 1 fully saturated rings. The number of aliphatic hydroxyl groups is 1. The van der Waals surface area contributed by atoms with Crippen molar-refractivity contribution in [2.75, 3.05) is 5.32 Å². The fraction of sp³-hybridized carbons (Fsp3) is 0.250. The van der Waals surface area contributed by atoms with Crippen molar-refractivity contribution in [2.45, 2.75) is 35.8 Å². The number of fused-ring (bicyclic) bond motifs is 1. The second kappa shape index (κ2) is 8.16. The van der Waals surface area contributed by atoms with Gasteiger partial charge in [0.15, 0.2) is 11.9 Å². The van der Waals surface area contributed by atoms with Gasteiger partial charge >= 0.3 is 6.61 Å². The lowest BCUT2D eigenvalue weighted by atomic mass is 10.1. The Kier molecular flexibility index (Phi) is 5.20. The van der Waals surface area contributed by atoms with Crippen LogP contribution in [-0.2, 0) is 0 Å². The van der Waals surface area contributed by atoms with Crippen molar-refractivity contribution in [1.82, 2.24) is 24.8 Å². The lowest BCUT2D eigenvalue weighted by molar-refractivity contribution is -0.0494. The maximum Gasteiger partial charge on any atom is 0.387 e. The highest BCUT2D eigenvalue weighted by Crippen LogP contribution is 2.43. The number of nitrogens with zero attached hydrogens (tertiary/aromatic N) is 4. The van der Waals surface area contributed by atoms with Crippen LogP contribution < -0.4 is 10.1 Å². The number of aromatic amines is 1. The second-order valence-electron chi connectivity index (χ2n) is 7.04. The molecular formula is C20H18F2N6O2S. The Morgan fingerprint density at radius 1 is 1.26 bits per heavy atom. The molecule has 0 bridgehead atoms. The Labute approximate surface area is 179 Å². The highest BCUT2D eigenvalue weighted by Gasteiger charge is 2.24. The lowest BCUT2D eigenvalue weighted by Crippen LogP contribution is -2.13.